The van der Waals surface area contributed by atoms with Gasteiger partial charge in [-0.15, -0.1) is 11.3 Å². The van der Waals surface area contributed by atoms with Gasteiger partial charge in [-0.2, -0.15) is 0 Å². The van der Waals surface area contributed by atoms with Crippen LogP contribution < -0.4 is 0 Å². The van der Waals surface area contributed by atoms with Crippen molar-refractivity contribution in [2.45, 2.75) is 37.0 Å². The first-order chi connectivity index (χ1) is 32.0. The van der Waals surface area contributed by atoms with E-state index in [1.54, 1.807) is 0 Å². The molecule has 0 bridgehead atoms. The van der Waals surface area contributed by atoms with Crippen LogP contribution in [0.4, 0.5) is 0 Å². The van der Waals surface area contributed by atoms with Crippen molar-refractivity contribution in [3.8, 4) is 65.4 Å². The van der Waals surface area contributed by atoms with Gasteiger partial charge in [-0.1, -0.05) is 238 Å². The fraction of sp³-hybridized carbons (Fsp3) is 0.0938. The highest BCUT2D eigenvalue weighted by Crippen LogP contribution is 2.68. The normalized spacial score (nSPS) is 16.0. The third-order valence-corrected chi connectivity index (χ3v) is 16.2. The topological polar surface area (TPSA) is 0 Å². The molecule has 0 aliphatic heterocycles. The zero-order chi connectivity index (χ0) is 43.3. The first-order valence-electron chi connectivity index (χ1n) is 23.0. The molecule has 9 aromatic carbocycles. The zero-order valence-electron chi connectivity index (χ0n) is 36.6. The van der Waals surface area contributed by atoms with Crippen LogP contribution in [0.3, 0.4) is 0 Å². The van der Waals surface area contributed by atoms with Crippen LogP contribution in [-0.2, 0) is 17.3 Å². The average Bonchev–Trinajstić information content (AvgIpc) is 4.06. The fourth-order valence-corrected chi connectivity index (χ4v) is 13.3. The van der Waals surface area contributed by atoms with Crippen LogP contribution in [0.1, 0.15) is 69.8 Å². The lowest BCUT2D eigenvalue weighted by atomic mass is 9.69. The van der Waals surface area contributed by atoms with Crippen molar-refractivity contribution in [2.24, 2.45) is 0 Å². The molecule has 308 valence electrons. The molecule has 0 saturated carbocycles. The van der Waals surface area contributed by atoms with Crippen LogP contribution in [0.2, 0.25) is 0 Å². The van der Waals surface area contributed by atoms with Crippen LogP contribution in [0.15, 0.2) is 224 Å². The SMILES string of the molecule is CC1(C)c2ccccc2-c2ccc(C(Cc3ccc4c(c3)C3(c5ccccc5-4)c4ccccc4-c4c(-c5ccccc5)sc(-c5ccccc5)c43)c3ccc(-c4ccccc4)cc3)cc21. The molecular formula is C64H46S. The smallest absolute Gasteiger partial charge is 0.0740 e. The summed E-state index contributed by atoms with van der Waals surface area (Å²) in [5.74, 6) is 0.138. The molecule has 65 heavy (non-hydrogen) atoms. The molecule has 1 heterocycles. The van der Waals surface area contributed by atoms with Gasteiger partial charge in [-0.05, 0) is 107 Å². The Kier molecular flexibility index (Phi) is 8.58. The molecule has 3 aliphatic rings. The van der Waals surface area contributed by atoms with Crippen molar-refractivity contribution in [1.29, 1.82) is 0 Å². The molecule has 10 aromatic rings. The van der Waals surface area contributed by atoms with Gasteiger partial charge in [-0.3, -0.25) is 0 Å². The number of benzene rings is 9. The van der Waals surface area contributed by atoms with Crippen LogP contribution in [0, 0.1) is 0 Å². The number of hydrogen-bond acceptors (Lipinski definition) is 1. The van der Waals surface area contributed by atoms with Gasteiger partial charge >= 0.3 is 0 Å². The summed E-state index contributed by atoms with van der Waals surface area (Å²) in [7, 11) is 0. The lowest BCUT2D eigenvalue weighted by Gasteiger charge is -2.31. The maximum absolute atomic E-state index is 2.61. The number of hydrogen-bond donors (Lipinski definition) is 0. The third-order valence-electron chi connectivity index (χ3n) is 14.9. The Hall–Kier alpha value is -7.32. The van der Waals surface area contributed by atoms with E-state index in [9.17, 15) is 0 Å². The first kappa shape index (κ1) is 38.2. The Balaban J connectivity index is 1.02. The summed E-state index contributed by atoms with van der Waals surface area (Å²) in [5.41, 5.74) is 25.0. The second-order valence-electron chi connectivity index (χ2n) is 18.7. The molecule has 0 amide bonds. The van der Waals surface area contributed by atoms with Crippen molar-refractivity contribution < 1.29 is 0 Å². The molecule has 1 aromatic heterocycles. The van der Waals surface area contributed by atoms with E-state index in [0.717, 1.165) is 6.42 Å². The van der Waals surface area contributed by atoms with Crippen molar-refractivity contribution in [3.63, 3.8) is 0 Å². The maximum Gasteiger partial charge on any atom is 0.0740 e. The Labute approximate surface area is 386 Å². The van der Waals surface area contributed by atoms with Crippen LogP contribution in [0.25, 0.3) is 65.4 Å². The van der Waals surface area contributed by atoms with Crippen LogP contribution >= 0.6 is 11.3 Å². The predicted molar refractivity (Wildman–Crippen MR) is 273 cm³/mol. The third kappa shape index (κ3) is 5.62. The molecule has 0 N–H and O–H groups in total. The van der Waals surface area contributed by atoms with Crippen molar-refractivity contribution >= 4 is 11.3 Å². The van der Waals surface area contributed by atoms with E-state index in [4.69, 9.17) is 0 Å². The minimum absolute atomic E-state index is 0.0848. The van der Waals surface area contributed by atoms with Crippen molar-refractivity contribution in [1.82, 2.24) is 0 Å². The Morgan fingerprint density at radius 3 is 1.52 bits per heavy atom. The summed E-state index contributed by atoms with van der Waals surface area (Å²) in [6.45, 7) is 4.79. The van der Waals surface area contributed by atoms with E-state index in [-0.39, 0.29) is 11.3 Å². The van der Waals surface area contributed by atoms with Gasteiger partial charge in [0.15, 0.2) is 0 Å². The summed E-state index contributed by atoms with van der Waals surface area (Å²) in [4.78, 5) is 2.69. The van der Waals surface area contributed by atoms with Crippen LogP contribution in [-0.4, -0.2) is 0 Å². The number of fused-ring (bicyclic) bond motifs is 13. The number of thiophene rings is 1. The predicted octanol–water partition coefficient (Wildman–Crippen LogP) is 16.8. The highest BCUT2D eigenvalue weighted by molar-refractivity contribution is 7.19. The van der Waals surface area contributed by atoms with Gasteiger partial charge in [0.25, 0.3) is 0 Å². The first-order valence-corrected chi connectivity index (χ1v) is 23.8. The molecule has 1 heteroatoms. The fourth-order valence-electron chi connectivity index (χ4n) is 11.9. The highest BCUT2D eigenvalue weighted by atomic mass is 32.1. The number of rotatable bonds is 7. The summed E-state index contributed by atoms with van der Waals surface area (Å²) in [6, 6.07) is 84.7. The Morgan fingerprint density at radius 1 is 0.369 bits per heavy atom. The van der Waals surface area contributed by atoms with Gasteiger partial charge in [0.1, 0.15) is 0 Å². The summed E-state index contributed by atoms with van der Waals surface area (Å²) in [5, 5.41) is 0. The molecule has 2 unspecified atom stereocenters. The van der Waals surface area contributed by atoms with Crippen LogP contribution in [0.5, 0.6) is 0 Å². The van der Waals surface area contributed by atoms with E-state index in [1.807, 2.05) is 11.3 Å². The molecular weight excluding hydrogens is 801 g/mol. The Bertz CT molecular complexity index is 3460. The van der Waals surface area contributed by atoms with E-state index in [1.165, 1.54) is 115 Å². The molecule has 0 fully saturated rings. The summed E-state index contributed by atoms with van der Waals surface area (Å²) < 4.78 is 0. The van der Waals surface area contributed by atoms with Gasteiger partial charge in [0.2, 0.25) is 0 Å². The lowest BCUT2D eigenvalue weighted by molar-refractivity contribution is 0.657. The van der Waals surface area contributed by atoms with Gasteiger partial charge < -0.3 is 0 Å². The summed E-state index contributed by atoms with van der Waals surface area (Å²) >= 11 is 1.96. The monoisotopic (exact) mass is 846 g/mol. The highest BCUT2D eigenvalue weighted by Gasteiger charge is 2.54. The minimum Gasteiger partial charge on any atom is -0.134 e. The lowest BCUT2D eigenvalue weighted by Crippen LogP contribution is -2.26. The largest absolute Gasteiger partial charge is 0.134 e. The zero-order valence-corrected chi connectivity index (χ0v) is 37.4. The standard InChI is InChI=1S/C64H46S/c1-63(2)54-27-15-12-24-48(54)50-37-35-47(40-57(50)63)53(44-33-31-43(32-34-44)42-18-6-3-7-19-42)38-41-30-36-51-49-25-13-16-28-55(49)64(58(51)39-41)56-29-17-14-26-52(56)59-60(64)62(46-22-10-5-11-23-46)65-61(59)45-20-8-4-9-21-45/h3-37,39-40,53H,38H2,1-2H3. The second kappa shape index (κ2) is 14.6. The molecule has 0 radical (unpaired) electrons. The van der Waals surface area contributed by atoms with E-state index >= 15 is 0 Å². The van der Waals surface area contributed by atoms with E-state index < -0.39 is 5.41 Å². The maximum atomic E-state index is 2.61. The summed E-state index contributed by atoms with van der Waals surface area (Å²) in [6.07, 6.45) is 0.871. The minimum atomic E-state index is -0.487. The molecule has 13 rings (SSSR count). The van der Waals surface area contributed by atoms with Gasteiger partial charge in [0.05, 0.1) is 5.41 Å². The van der Waals surface area contributed by atoms with E-state index in [0.29, 0.717) is 0 Å². The molecule has 0 nitrogen and oxygen atoms in total. The quantitative estimate of drug-likeness (QED) is 0.150. The molecule has 0 saturated heterocycles. The van der Waals surface area contributed by atoms with Gasteiger partial charge in [0, 0.05) is 26.7 Å². The van der Waals surface area contributed by atoms with Crippen molar-refractivity contribution in [3.05, 3.63) is 275 Å². The molecule has 1 spiro atoms. The average molecular weight is 847 g/mol. The second-order valence-corrected chi connectivity index (χ2v) is 19.7. The molecule has 2 atom stereocenters. The van der Waals surface area contributed by atoms with Crippen molar-refractivity contribution in [2.75, 3.05) is 0 Å². The van der Waals surface area contributed by atoms with E-state index in [2.05, 4.69) is 238 Å². The van der Waals surface area contributed by atoms with Gasteiger partial charge in [-0.25, -0.2) is 0 Å². The molecule has 3 aliphatic carbocycles. The Morgan fingerprint density at radius 2 is 0.846 bits per heavy atom.